The van der Waals surface area contributed by atoms with Crippen LogP contribution in [-0.4, -0.2) is 6.61 Å². The van der Waals surface area contributed by atoms with Gasteiger partial charge in [-0.3, -0.25) is 0 Å². The van der Waals surface area contributed by atoms with Gasteiger partial charge in [-0.2, -0.15) is 0 Å². The van der Waals surface area contributed by atoms with Crippen molar-refractivity contribution >= 4 is 22.6 Å². The summed E-state index contributed by atoms with van der Waals surface area (Å²) in [4.78, 5) is 0. The Balaban J connectivity index is 3.13. The third kappa shape index (κ3) is 2.50. The smallest absolute Gasteiger partial charge is 0.136 e. The molecular formula is C12H14IO. The minimum atomic E-state index is 0.0891. The summed E-state index contributed by atoms with van der Waals surface area (Å²) in [5.74, 6) is 1.03. The minimum Gasteiger partial charge on any atom is -0.492 e. The van der Waals surface area contributed by atoms with Gasteiger partial charge in [-0.15, -0.1) is 6.58 Å². The molecule has 0 fully saturated rings. The van der Waals surface area contributed by atoms with E-state index in [0.717, 1.165) is 14.9 Å². The SMILES string of the molecule is [CH2]C(C=C)c1cccc(I)c1OCC. The van der Waals surface area contributed by atoms with Crippen molar-refractivity contribution in [2.75, 3.05) is 6.61 Å². The molecule has 0 N–H and O–H groups in total. The predicted octanol–water partition coefficient (Wildman–Crippen LogP) is 3.79. The standard InChI is InChI=1S/C12H14IO/c1-4-9(3)10-7-6-8-11(13)12(10)14-5-2/h4,6-9H,1,3,5H2,2H3. The number of allylic oxidation sites excluding steroid dienone is 1. The van der Waals surface area contributed by atoms with E-state index in [9.17, 15) is 0 Å². The van der Waals surface area contributed by atoms with Crippen LogP contribution >= 0.6 is 22.6 Å². The van der Waals surface area contributed by atoms with Gasteiger partial charge in [-0.05, 0) is 42.5 Å². The molecule has 0 bridgehead atoms. The van der Waals surface area contributed by atoms with Crippen molar-refractivity contribution in [2.45, 2.75) is 12.8 Å². The summed E-state index contributed by atoms with van der Waals surface area (Å²) in [6.07, 6.45) is 1.83. The Bertz CT molecular complexity index is 320. The van der Waals surface area contributed by atoms with Gasteiger partial charge in [-0.25, -0.2) is 0 Å². The summed E-state index contributed by atoms with van der Waals surface area (Å²) in [5, 5.41) is 0. The van der Waals surface area contributed by atoms with Crippen LogP contribution in [0.4, 0.5) is 0 Å². The molecule has 0 saturated heterocycles. The lowest BCUT2D eigenvalue weighted by Gasteiger charge is -2.14. The number of hydrogen-bond acceptors (Lipinski definition) is 1. The van der Waals surface area contributed by atoms with Crippen molar-refractivity contribution in [3.63, 3.8) is 0 Å². The van der Waals surface area contributed by atoms with Crippen LogP contribution in [0.2, 0.25) is 0 Å². The Morgan fingerprint density at radius 3 is 2.86 bits per heavy atom. The number of rotatable bonds is 4. The second-order valence-electron chi connectivity index (χ2n) is 2.93. The molecule has 0 saturated carbocycles. The summed E-state index contributed by atoms with van der Waals surface area (Å²) in [6.45, 7) is 10.4. The number of hydrogen-bond donors (Lipinski definition) is 0. The quantitative estimate of drug-likeness (QED) is 0.607. The average molecular weight is 301 g/mol. The lowest BCUT2D eigenvalue weighted by Crippen LogP contribution is -2.00. The Morgan fingerprint density at radius 1 is 1.57 bits per heavy atom. The summed E-state index contributed by atoms with van der Waals surface area (Å²) >= 11 is 2.27. The van der Waals surface area contributed by atoms with Crippen LogP contribution in [0.3, 0.4) is 0 Å². The molecule has 1 unspecified atom stereocenters. The first-order valence-electron chi connectivity index (χ1n) is 4.57. The van der Waals surface area contributed by atoms with Crippen molar-refractivity contribution < 1.29 is 4.74 Å². The molecule has 0 spiro atoms. The molecule has 1 aromatic carbocycles. The lowest BCUT2D eigenvalue weighted by molar-refractivity contribution is 0.334. The molecule has 0 amide bonds. The molecule has 1 rings (SSSR count). The van der Waals surface area contributed by atoms with Crippen LogP contribution in [0.1, 0.15) is 18.4 Å². The van der Waals surface area contributed by atoms with Gasteiger partial charge in [-0.1, -0.05) is 18.2 Å². The average Bonchev–Trinajstić information content (AvgIpc) is 2.20. The van der Waals surface area contributed by atoms with E-state index in [1.54, 1.807) is 0 Å². The maximum Gasteiger partial charge on any atom is 0.136 e. The highest BCUT2D eigenvalue weighted by atomic mass is 127. The van der Waals surface area contributed by atoms with Gasteiger partial charge < -0.3 is 4.74 Å². The van der Waals surface area contributed by atoms with Crippen LogP contribution in [0.5, 0.6) is 5.75 Å². The molecule has 0 aliphatic heterocycles. The van der Waals surface area contributed by atoms with Crippen LogP contribution in [-0.2, 0) is 0 Å². The zero-order chi connectivity index (χ0) is 10.6. The number of ether oxygens (including phenoxy) is 1. The molecule has 1 aromatic rings. The summed E-state index contributed by atoms with van der Waals surface area (Å²) in [6, 6.07) is 6.08. The monoisotopic (exact) mass is 301 g/mol. The van der Waals surface area contributed by atoms with Crippen molar-refractivity contribution in [3.8, 4) is 5.75 Å². The molecule has 14 heavy (non-hydrogen) atoms. The first-order chi connectivity index (χ1) is 6.70. The van der Waals surface area contributed by atoms with E-state index in [0.29, 0.717) is 6.61 Å². The van der Waals surface area contributed by atoms with Gasteiger partial charge in [0.2, 0.25) is 0 Å². The first kappa shape index (κ1) is 11.6. The minimum absolute atomic E-state index is 0.0891. The third-order valence-corrected chi connectivity index (χ3v) is 2.82. The molecule has 0 aromatic heterocycles. The van der Waals surface area contributed by atoms with Crippen LogP contribution < -0.4 is 4.74 Å². The molecule has 0 aliphatic rings. The van der Waals surface area contributed by atoms with E-state index in [2.05, 4.69) is 36.1 Å². The second kappa shape index (κ2) is 5.39. The fourth-order valence-electron chi connectivity index (χ4n) is 1.24. The highest BCUT2D eigenvalue weighted by Gasteiger charge is 2.11. The number of para-hydroxylation sites is 1. The Morgan fingerprint density at radius 2 is 2.29 bits per heavy atom. The van der Waals surface area contributed by atoms with E-state index >= 15 is 0 Å². The Kier molecular flexibility index (Phi) is 4.45. The van der Waals surface area contributed by atoms with E-state index in [1.807, 2.05) is 31.2 Å². The third-order valence-electron chi connectivity index (χ3n) is 1.97. The predicted molar refractivity (Wildman–Crippen MR) is 68.6 cm³/mol. The number of benzene rings is 1. The molecule has 2 heteroatoms. The molecular weight excluding hydrogens is 287 g/mol. The summed E-state index contributed by atoms with van der Waals surface area (Å²) < 4.78 is 6.72. The summed E-state index contributed by atoms with van der Waals surface area (Å²) in [5.41, 5.74) is 1.11. The zero-order valence-electron chi connectivity index (χ0n) is 8.29. The molecule has 1 atom stereocenters. The van der Waals surface area contributed by atoms with Gasteiger partial charge in [0, 0.05) is 11.5 Å². The Hall–Kier alpha value is -0.510. The molecule has 1 radical (unpaired) electrons. The van der Waals surface area contributed by atoms with Gasteiger partial charge >= 0.3 is 0 Å². The van der Waals surface area contributed by atoms with E-state index in [4.69, 9.17) is 4.74 Å². The van der Waals surface area contributed by atoms with Crippen LogP contribution in [0, 0.1) is 10.5 Å². The highest BCUT2D eigenvalue weighted by Crippen LogP contribution is 2.31. The van der Waals surface area contributed by atoms with Gasteiger partial charge in [0.1, 0.15) is 5.75 Å². The maximum absolute atomic E-state index is 5.60. The molecule has 1 nitrogen and oxygen atoms in total. The fraction of sp³-hybridized carbons (Fsp3) is 0.250. The number of halogens is 1. The van der Waals surface area contributed by atoms with Gasteiger partial charge in [0.25, 0.3) is 0 Å². The molecule has 75 valence electrons. The van der Waals surface area contributed by atoms with Crippen LogP contribution in [0.25, 0.3) is 0 Å². The maximum atomic E-state index is 5.60. The topological polar surface area (TPSA) is 9.23 Å². The first-order valence-corrected chi connectivity index (χ1v) is 5.65. The van der Waals surface area contributed by atoms with E-state index in [-0.39, 0.29) is 5.92 Å². The Labute approximate surface area is 99.3 Å². The second-order valence-corrected chi connectivity index (χ2v) is 4.10. The van der Waals surface area contributed by atoms with Gasteiger partial charge in [0.05, 0.1) is 10.2 Å². The normalized spacial score (nSPS) is 12.2. The zero-order valence-corrected chi connectivity index (χ0v) is 10.5. The van der Waals surface area contributed by atoms with Crippen molar-refractivity contribution in [3.05, 3.63) is 46.9 Å². The van der Waals surface area contributed by atoms with Gasteiger partial charge in [0.15, 0.2) is 0 Å². The van der Waals surface area contributed by atoms with Crippen molar-refractivity contribution in [1.82, 2.24) is 0 Å². The van der Waals surface area contributed by atoms with E-state index in [1.165, 1.54) is 0 Å². The van der Waals surface area contributed by atoms with Crippen LogP contribution in [0.15, 0.2) is 30.9 Å². The van der Waals surface area contributed by atoms with Crippen molar-refractivity contribution in [1.29, 1.82) is 0 Å². The molecule has 0 heterocycles. The fourth-order valence-corrected chi connectivity index (χ4v) is 1.92. The molecule has 0 aliphatic carbocycles. The highest BCUT2D eigenvalue weighted by molar-refractivity contribution is 14.1. The van der Waals surface area contributed by atoms with E-state index < -0.39 is 0 Å². The largest absolute Gasteiger partial charge is 0.492 e. The summed E-state index contributed by atoms with van der Waals surface area (Å²) in [7, 11) is 0. The lowest BCUT2D eigenvalue weighted by atomic mass is 10.0. The van der Waals surface area contributed by atoms with Crippen molar-refractivity contribution in [2.24, 2.45) is 0 Å².